The quantitative estimate of drug-likeness (QED) is 0.484. The van der Waals surface area contributed by atoms with E-state index in [0.717, 1.165) is 53.7 Å². The number of nitrogens with two attached hydrogens (primary N) is 1. The van der Waals surface area contributed by atoms with Crippen molar-refractivity contribution in [1.82, 2.24) is 15.2 Å². The van der Waals surface area contributed by atoms with Gasteiger partial charge >= 0.3 is 0 Å². The number of unbranched alkanes of at least 4 members (excludes halogenated alkanes) is 1. The van der Waals surface area contributed by atoms with E-state index in [2.05, 4.69) is 32.6 Å². The van der Waals surface area contributed by atoms with Gasteiger partial charge < -0.3 is 20.5 Å². The van der Waals surface area contributed by atoms with Gasteiger partial charge in [0.2, 0.25) is 5.88 Å². The minimum Gasteiger partial charge on any atom is -0.481 e. The predicted octanol–water partition coefficient (Wildman–Crippen LogP) is 2.80. The van der Waals surface area contributed by atoms with Crippen molar-refractivity contribution >= 4 is 16.6 Å². The number of nitrogens with one attached hydrogen (secondary N) is 2. The van der Waals surface area contributed by atoms with Crippen LogP contribution in [0.5, 0.6) is 5.88 Å². The number of nitrogens with zero attached hydrogens (tertiary/aromatic N) is 2. The molecule has 0 aliphatic carbocycles. The van der Waals surface area contributed by atoms with E-state index in [0.29, 0.717) is 19.0 Å². The van der Waals surface area contributed by atoms with Gasteiger partial charge in [-0.1, -0.05) is 0 Å². The minimum atomic E-state index is 0.590. The zero-order chi connectivity index (χ0) is 18.2. The van der Waals surface area contributed by atoms with Crippen molar-refractivity contribution < 1.29 is 9.47 Å². The summed E-state index contributed by atoms with van der Waals surface area (Å²) in [5.41, 5.74) is 9.58. The maximum absolute atomic E-state index is 5.63. The Morgan fingerprint density at radius 1 is 1.15 bits per heavy atom. The fourth-order valence-electron chi connectivity index (χ4n) is 2.77. The fraction of sp³-hybridized carbons (Fsp3) is 0.368. The highest BCUT2D eigenvalue weighted by molar-refractivity contribution is 5.95. The molecule has 138 valence electrons. The largest absolute Gasteiger partial charge is 0.481 e. The lowest BCUT2D eigenvalue weighted by atomic mass is 10.0. The molecule has 0 fully saturated rings. The number of anilines is 1. The van der Waals surface area contributed by atoms with Crippen LogP contribution >= 0.6 is 0 Å². The average Bonchev–Trinajstić information content (AvgIpc) is 3.16. The van der Waals surface area contributed by atoms with Gasteiger partial charge in [0.05, 0.1) is 25.4 Å². The highest BCUT2D eigenvalue weighted by atomic mass is 16.5. The van der Waals surface area contributed by atoms with Crippen LogP contribution in [0, 0.1) is 0 Å². The van der Waals surface area contributed by atoms with E-state index in [1.165, 1.54) is 0 Å². The van der Waals surface area contributed by atoms with Crippen molar-refractivity contribution in [3.05, 3.63) is 36.7 Å². The molecule has 0 spiro atoms. The molecule has 26 heavy (non-hydrogen) atoms. The summed E-state index contributed by atoms with van der Waals surface area (Å²) >= 11 is 0. The summed E-state index contributed by atoms with van der Waals surface area (Å²) in [7, 11) is 1.62. The Bertz CT molecular complexity index is 834. The van der Waals surface area contributed by atoms with E-state index < -0.39 is 0 Å². The summed E-state index contributed by atoms with van der Waals surface area (Å²) in [6.07, 6.45) is 5.58. The average molecular weight is 355 g/mol. The summed E-state index contributed by atoms with van der Waals surface area (Å²) in [6.45, 7) is 2.84. The number of aromatic nitrogens is 3. The van der Waals surface area contributed by atoms with Crippen LogP contribution in [0.1, 0.15) is 12.8 Å². The molecule has 4 N–H and O–H groups in total. The first kappa shape index (κ1) is 18.2. The number of hydrogen-bond acceptors (Lipinski definition) is 6. The number of fused-ring (bicyclic) bond motifs is 1. The molecule has 0 aliphatic heterocycles. The molecular formula is C19H25N5O2. The standard InChI is InChI=1S/C19H25N5O2/c1-25-19-12-14(4-6-22-19)15-10-17(16-13-23-24-18(16)11-15)21-7-9-26-8-3-2-5-20/h4,6,10-13,21H,2-3,5,7-9,20H2,1H3,(H,23,24). The number of methoxy groups -OCH3 is 1. The van der Waals surface area contributed by atoms with Gasteiger partial charge in [-0.3, -0.25) is 5.10 Å². The van der Waals surface area contributed by atoms with Crippen molar-refractivity contribution in [2.75, 3.05) is 38.7 Å². The van der Waals surface area contributed by atoms with E-state index >= 15 is 0 Å². The summed E-state index contributed by atoms with van der Waals surface area (Å²) in [5, 5.41) is 11.7. The van der Waals surface area contributed by atoms with E-state index in [9.17, 15) is 0 Å². The van der Waals surface area contributed by atoms with Crippen LogP contribution in [0.25, 0.3) is 22.0 Å². The third kappa shape index (κ3) is 4.50. The highest BCUT2D eigenvalue weighted by Gasteiger charge is 2.08. The summed E-state index contributed by atoms with van der Waals surface area (Å²) < 4.78 is 10.9. The summed E-state index contributed by atoms with van der Waals surface area (Å²) in [4.78, 5) is 4.17. The lowest BCUT2D eigenvalue weighted by Crippen LogP contribution is -2.11. The smallest absolute Gasteiger partial charge is 0.213 e. The number of pyridine rings is 1. The van der Waals surface area contributed by atoms with Crippen molar-refractivity contribution in [1.29, 1.82) is 0 Å². The third-order valence-electron chi connectivity index (χ3n) is 4.14. The molecule has 2 aromatic heterocycles. The molecule has 0 amide bonds. The second-order valence-corrected chi connectivity index (χ2v) is 5.98. The Morgan fingerprint density at radius 3 is 2.92 bits per heavy atom. The van der Waals surface area contributed by atoms with E-state index in [1.807, 2.05) is 18.3 Å². The Labute approximate surface area is 152 Å². The van der Waals surface area contributed by atoms with Gasteiger partial charge in [-0.15, -0.1) is 0 Å². The van der Waals surface area contributed by atoms with Crippen LogP contribution < -0.4 is 15.8 Å². The molecule has 7 heteroatoms. The topological polar surface area (TPSA) is 98.1 Å². The Balaban J connectivity index is 1.72. The molecule has 0 saturated carbocycles. The van der Waals surface area contributed by atoms with Crippen LogP contribution in [-0.4, -0.2) is 48.6 Å². The second kappa shape index (κ2) is 9.17. The molecule has 3 rings (SSSR count). The van der Waals surface area contributed by atoms with Gasteiger partial charge in [-0.2, -0.15) is 5.10 Å². The lowest BCUT2D eigenvalue weighted by molar-refractivity contribution is 0.140. The van der Waals surface area contributed by atoms with Crippen LogP contribution in [0.4, 0.5) is 5.69 Å². The lowest BCUT2D eigenvalue weighted by Gasteiger charge is -2.11. The predicted molar refractivity (Wildman–Crippen MR) is 103 cm³/mol. The van der Waals surface area contributed by atoms with Crippen LogP contribution in [0.15, 0.2) is 36.7 Å². The maximum Gasteiger partial charge on any atom is 0.213 e. The van der Waals surface area contributed by atoms with E-state index in [4.69, 9.17) is 15.2 Å². The molecule has 0 radical (unpaired) electrons. The number of rotatable bonds is 10. The molecule has 0 saturated heterocycles. The summed E-state index contributed by atoms with van der Waals surface area (Å²) in [6, 6.07) is 8.07. The summed E-state index contributed by atoms with van der Waals surface area (Å²) in [5.74, 6) is 0.590. The first-order valence-electron chi connectivity index (χ1n) is 8.81. The van der Waals surface area contributed by atoms with Crippen molar-refractivity contribution in [3.8, 4) is 17.0 Å². The zero-order valence-corrected chi connectivity index (χ0v) is 15.0. The van der Waals surface area contributed by atoms with Crippen LogP contribution in [-0.2, 0) is 4.74 Å². The van der Waals surface area contributed by atoms with Gasteiger partial charge in [-0.25, -0.2) is 4.98 Å². The molecule has 7 nitrogen and oxygen atoms in total. The van der Waals surface area contributed by atoms with Crippen LogP contribution in [0.2, 0.25) is 0 Å². The molecule has 0 aliphatic rings. The zero-order valence-electron chi connectivity index (χ0n) is 15.0. The van der Waals surface area contributed by atoms with Crippen LogP contribution in [0.3, 0.4) is 0 Å². The van der Waals surface area contributed by atoms with Crippen molar-refractivity contribution in [2.24, 2.45) is 5.73 Å². The number of benzene rings is 1. The number of ether oxygens (including phenoxy) is 2. The Morgan fingerprint density at radius 2 is 2.08 bits per heavy atom. The Hall–Kier alpha value is -2.64. The van der Waals surface area contributed by atoms with Gasteiger partial charge in [-0.05, 0) is 48.7 Å². The fourth-order valence-corrected chi connectivity index (χ4v) is 2.77. The van der Waals surface area contributed by atoms with Gasteiger partial charge in [0.25, 0.3) is 0 Å². The number of H-pyrrole nitrogens is 1. The monoisotopic (exact) mass is 355 g/mol. The molecule has 2 heterocycles. The van der Waals surface area contributed by atoms with Gasteiger partial charge in [0.15, 0.2) is 0 Å². The third-order valence-corrected chi connectivity index (χ3v) is 4.14. The Kier molecular flexibility index (Phi) is 6.40. The molecule has 1 aromatic carbocycles. The first-order valence-corrected chi connectivity index (χ1v) is 8.81. The molecule has 0 bridgehead atoms. The SMILES string of the molecule is COc1cc(-c2cc(NCCOCCCCN)c3cn[nH]c3c2)ccn1. The first-order chi connectivity index (χ1) is 12.8. The molecule has 3 aromatic rings. The molecule has 0 atom stereocenters. The van der Waals surface area contributed by atoms with E-state index in [-0.39, 0.29) is 0 Å². The number of aromatic amines is 1. The van der Waals surface area contributed by atoms with Gasteiger partial charge in [0.1, 0.15) is 0 Å². The minimum absolute atomic E-state index is 0.590. The molecular weight excluding hydrogens is 330 g/mol. The van der Waals surface area contributed by atoms with E-state index in [1.54, 1.807) is 13.3 Å². The van der Waals surface area contributed by atoms with Crippen molar-refractivity contribution in [2.45, 2.75) is 12.8 Å². The normalized spacial score (nSPS) is 11.0. The molecule has 0 unspecified atom stereocenters. The second-order valence-electron chi connectivity index (χ2n) is 5.98. The maximum atomic E-state index is 5.63. The highest BCUT2D eigenvalue weighted by Crippen LogP contribution is 2.30. The number of hydrogen-bond donors (Lipinski definition) is 3. The van der Waals surface area contributed by atoms with Gasteiger partial charge in [0, 0.05) is 36.5 Å². The van der Waals surface area contributed by atoms with Crippen molar-refractivity contribution in [3.63, 3.8) is 0 Å².